The molecule has 0 saturated heterocycles. The second-order valence-electron chi connectivity index (χ2n) is 4.24. The van der Waals surface area contributed by atoms with E-state index in [2.05, 4.69) is 35.0 Å². The Morgan fingerprint density at radius 2 is 1.71 bits per heavy atom. The molecule has 0 fully saturated rings. The van der Waals surface area contributed by atoms with E-state index in [0.29, 0.717) is 0 Å². The van der Waals surface area contributed by atoms with Crippen molar-refractivity contribution in [3.8, 4) is 0 Å². The van der Waals surface area contributed by atoms with Crippen molar-refractivity contribution in [1.29, 1.82) is 0 Å². The third-order valence-corrected chi connectivity index (χ3v) is 4.24. The largest absolute Gasteiger partial charge is 0.289 e. The van der Waals surface area contributed by atoms with Gasteiger partial charge in [0.15, 0.2) is 5.78 Å². The number of halogens is 1. The third kappa shape index (κ3) is 2.50. The van der Waals surface area contributed by atoms with Crippen LogP contribution in [0.1, 0.15) is 32.6 Å². The van der Waals surface area contributed by atoms with Crippen LogP contribution in [0.2, 0.25) is 0 Å². The lowest BCUT2D eigenvalue weighted by Crippen LogP contribution is -2.05. The molecule has 0 aliphatic carbocycles. The number of thiophene rings is 1. The van der Waals surface area contributed by atoms with E-state index in [1.54, 1.807) is 0 Å². The first-order valence-corrected chi connectivity index (χ1v) is 7.03. The molecule has 0 atom stereocenters. The first kappa shape index (κ1) is 12.5. The molecule has 0 aliphatic heterocycles. The number of benzene rings is 1. The molecule has 0 amide bonds. The lowest BCUT2D eigenvalue weighted by molar-refractivity contribution is 0.103. The Bertz CT molecular complexity index is 561. The molecule has 1 aromatic heterocycles. The molecule has 0 spiro atoms. The van der Waals surface area contributed by atoms with Crippen LogP contribution in [0.25, 0.3) is 0 Å². The lowest BCUT2D eigenvalue weighted by atomic mass is 9.94. The third-order valence-electron chi connectivity index (χ3n) is 2.73. The summed E-state index contributed by atoms with van der Waals surface area (Å²) in [4.78, 5) is 12.4. The second kappa shape index (κ2) is 4.75. The Morgan fingerprint density at radius 1 is 1.12 bits per heavy atom. The molecule has 0 unspecified atom stereocenters. The van der Waals surface area contributed by atoms with E-state index < -0.39 is 0 Å². The molecule has 3 heteroatoms. The van der Waals surface area contributed by atoms with Crippen molar-refractivity contribution in [1.82, 2.24) is 0 Å². The van der Waals surface area contributed by atoms with Crippen LogP contribution in [-0.2, 0) is 0 Å². The Balaban J connectivity index is 2.51. The second-order valence-corrected chi connectivity index (χ2v) is 6.53. The number of carbonyl (C=O) groups is 1. The number of hydrogen-bond acceptors (Lipinski definition) is 2. The first-order valence-electron chi connectivity index (χ1n) is 5.35. The standard InChI is InChI=1S/C14H13BrOS/c1-8-4-9(2)13(10(3)5-8)14(16)11-6-12(15)17-7-11/h4-7H,1-3H3. The maximum Gasteiger partial charge on any atom is 0.194 e. The molecule has 88 valence electrons. The van der Waals surface area contributed by atoms with Crippen LogP contribution in [0.4, 0.5) is 0 Å². The van der Waals surface area contributed by atoms with Gasteiger partial charge >= 0.3 is 0 Å². The van der Waals surface area contributed by atoms with Crippen molar-refractivity contribution in [2.45, 2.75) is 20.8 Å². The molecule has 1 nitrogen and oxygen atoms in total. The highest BCUT2D eigenvalue weighted by atomic mass is 79.9. The van der Waals surface area contributed by atoms with Gasteiger partial charge < -0.3 is 0 Å². The van der Waals surface area contributed by atoms with Gasteiger partial charge in [0, 0.05) is 16.5 Å². The topological polar surface area (TPSA) is 17.1 Å². The number of carbonyl (C=O) groups excluding carboxylic acids is 1. The molecule has 0 saturated carbocycles. The van der Waals surface area contributed by atoms with E-state index in [4.69, 9.17) is 0 Å². The molecular weight excluding hydrogens is 296 g/mol. The molecule has 0 radical (unpaired) electrons. The minimum atomic E-state index is 0.113. The van der Waals surface area contributed by atoms with Gasteiger partial charge in [0.2, 0.25) is 0 Å². The maximum atomic E-state index is 12.4. The summed E-state index contributed by atoms with van der Waals surface area (Å²) in [5.74, 6) is 0.113. The van der Waals surface area contributed by atoms with E-state index in [0.717, 1.165) is 26.0 Å². The van der Waals surface area contributed by atoms with E-state index >= 15 is 0 Å². The van der Waals surface area contributed by atoms with Gasteiger partial charge in [0.05, 0.1) is 3.79 Å². The summed E-state index contributed by atoms with van der Waals surface area (Å²) in [6, 6.07) is 6.00. The number of rotatable bonds is 2. The smallest absolute Gasteiger partial charge is 0.194 e. The number of hydrogen-bond donors (Lipinski definition) is 0. The van der Waals surface area contributed by atoms with Crippen molar-refractivity contribution < 1.29 is 4.79 Å². The van der Waals surface area contributed by atoms with Crippen LogP contribution in [0.5, 0.6) is 0 Å². The zero-order chi connectivity index (χ0) is 12.6. The van der Waals surface area contributed by atoms with E-state index in [9.17, 15) is 4.79 Å². The van der Waals surface area contributed by atoms with Crippen LogP contribution in [-0.4, -0.2) is 5.78 Å². The van der Waals surface area contributed by atoms with Crippen molar-refractivity contribution in [2.75, 3.05) is 0 Å². The zero-order valence-corrected chi connectivity index (χ0v) is 12.4. The molecular formula is C14H13BrOS. The quantitative estimate of drug-likeness (QED) is 0.737. The van der Waals surface area contributed by atoms with Crippen LogP contribution < -0.4 is 0 Å². The summed E-state index contributed by atoms with van der Waals surface area (Å²) in [5.41, 5.74) is 4.89. The summed E-state index contributed by atoms with van der Waals surface area (Å²) >= 11 is 4.93. The van der Waals surface area contributed by atoms with Crippen molar-refractivity contribution in [3.63, 3.8) is 0 Å². The van der Waals surface area contributed by atoms with Gasteiger partial charge in [-0.2, -0.15) is 0 Å². The SMILES string of the molecule is Cc1cc(C)c(C(=O)c2csc(Br)c2)c(C)c1. The van der Waals surface area contributed by atoms with E-state index in [1.165, 1.54) is 16.9 Å². The minimum absolute atomic E-state index is 0.113. The average Bonchev–Trinajstić information content (AvgIpc) is 2.63. The number of ketones is 1. The molecule has 17 heavy (non-hydrogen) atoms. The fraction of sp³-hybridized carbons (Fsp3) is 0.214. The van der Waals surface area contributed by atoms with Crippen LogP contribution >= 0.6 is 27.3 Å². The van der Waals surface area contributed by atoms with Gasteiger partial charge in [0.1, 0.15) is 0 Å². The van der Waals surface area contributed by atoms with Gasteiger partial charge in [-0.05, 0) is 53.9 Å². The molecule has 0 aliphatic rings. The predicted octanol–water partition coefficient (Wildman–Crippen LogP) is 4.67. The summed E-state index contributed by atoms with van der Waals surface area (Å²) in [6.07, 6.45) is 0. The highest BCUT2D eigenvalue weighted by Crippen LogP contribution is 2.25. The van der Waals surface area contributed by atoms with Gasteiger partial charge in [-0.1, -0.05) is 17.7 Å². The fourth-order valence-corrected chi connectivity index (χ4v) is 3.25. The highest BCUT2D eigenvalue weighted by molar-refractivity contribution is 9.11. The van der Waals surface area contributed by atoms with Crippen molar-refractivity contribution in [2.24, 2.45) is 0 Å². The zero-order valence-electron chi connectivity index (χ0n) is 10.0. The number of aryl methyl sites for hydroxylation is 3. The molecule has 1 heterocycles. The Kier molecular flexibility index (Phi) is 3.50. The fourth-order valence-electron chi connectivity index (χ4n) is 2.11. The minimum Gasteiger partial charge on any atom is -0.289 e. The van der Waals surface area contributed by atoms with Crippen LogP contribution in [0.3, 0.4) is 0 Å². The predicted molar refractivity (Wildman–Crippen MR) is 76.1 cm³/mol. The summed E-state index contributed by atoms with van der Waals surface area (Å²) in [7, 11) is 0. The van der Waals surface area contributed by atoms with Gasteiger partial charge in [0.25, 0.3) is 0 Å². The first-order chi connectivity index (χ1) is 7.99. The summed E-state index contributed by atoms with van der Waals surface area (Å²) < 4.78 is 0.989. The van der Waals surface area contributed by atoms with Gasteiger partial charge in [-0.3, -0.25) is 4.79 Å². The Hall–Kier alpha value is -0.930. The van der Waals surface area contributed by atoms with Crippen LogP contribution in [0.15, 0.2) is 27.4 Å². The van der Waals surface area contributed by atoms with Gasteiger partial charge in [-0.25, -0.2) is 0 Å². The Morgan fingerprint density at radius 3 is 2.18 bits per heavy atom. The monoisotopic (exact) mass is 308 g/mol. The maximum absolute atomic E-state index is 12.4. The van der Waals surface area contributed by atoms with Crippen LogP contribution in [0, 0.1) is 20.8 Å². The lowest BCUT2D eigenvalue weighted by Gasteiger charge is -2.09. The highest BCUT2D eigenvalue weighted by Gasteiger charge is 2.15. The normalized spacial score (nSPS) is 10.6. The molecule has 1 aromatic carbocycles. The summed E-state index contributed by atoms with van der Waals surface area (Å²) in [6.45, 7) is 6.04. The average molecular weight is 309 g/mol. The van der Waals surface area contributed by atoms with E-state index in [1.807, 2.05) is 25.3 Å². The summed E-state index contributed by atoms with van der Waals surface area (Å²) in [5, 5.41) is 1.89. The van der Waals surface area contributed by atoms with Crippen molar-refractivity contribution >= 4 is 33.0 Å². The molecule has 2 rings (SSSR count). The van der Waals surface area contributed by atoms with Gasteiger partial charge in [-0.15, -0.1) is 11.3 Å². The van der Waals surface area contributed by atoms with E-state index in [-0.39, 0.29) is 5.78 Å². The molecule has 0 N–H and O–H groups in total. The van der Waals surface area contributed by atoms with Crippen molar-refractivity contribution in [3.05, 3.63) is 55.2 Å². The molecule has 2 aromatic rings. The molecule has 0 bridgehead atoms. The Labute approximate surface area is 114 Å².